The first kappa shape index (κ1) is 17.7. The second kappa shape index (κ2) is 7.89. The molecule has 2 heterocycles. The van der Waals surface area contributed by atoms with E-state index in [1.807, 2.05) is 60.8 Å². The Morgan fingerprint density at radius 3 is 2.81 bits per heavy atom. The number of methoxy groups -OCH3 is 1. The molecule has 1 fully saturated rings. The Kier molecular flexibility index (Phi) is 5.16. The van der Waals surface area contributed by atoms with Crippen LogP contribution in [0, 0.1) is 5.92 Å². The Hall–Kier alpha value is -2.72. The molecule has 0 amide bonds. The first-order chi connectivity index (χ1) is 13.2. The van der Waals surface area contributed by atoms with Gasteiger partial charge >= 0.3 is 0 Å². The molecule has 4 rings (SSSR count). The van der Waals surface area contributed by atoms with Crippen LogP contribution in [0.1, 0.15) is 28.9 Å². The van der Waals surface area contributed by atoms with Gasteiger partial charge in [0.2, 0.25) is 0 Å². The molecular weight excluding hydrogens is 336 g/mol. The minimum Gasteiger partial charge on any atom is -0.497 e. The van der Waals surface area contributed by atoms with Crippen LogP contribution in [0.5, 0.6) is 5.75 Å². The normalized spacial score (nSPS) is 17.7. The number of hydrogen-bond donors (Lipinski definition) is 0. The average molecular weight is 360 g/mol. The number of Topliss-reactive ketones (excluding diaryl/α,β-unsaturated/α-hetero) is 1. The van der Waals surface area contributed by atoms with Gasteiger partial charge < -0.3 is 4.74 Å². The van der Waals surface area contributed by atoms with E-state index in [4.69, 9.17) is 4.74 Å². The number of likely N-dealkylation sites (tertiary alicyclic amines) is 1. The van der Waals surface area contributed by atoms with Crippen molar-refractivity contribution in [3.63, 3.8) is 0 Å². The quantitative estimate of drug-likeness (QED) is 0.635. The van der Waals surface area contributed by atoms with E-state index in [0.29, 0.717) is 0 Å². The molecule has 27 heavy (non-hydrogen) atoms. The van der Waals surface area contributed by atoms with Crippen LogP contribution in [0.4, 0.5) is 0 Å². The molecule has 2 aromatic carbocycles. The van der Waals surface area contributed by atoms with Gasteiger partial charge in [-0.15, -0.1) is 0 Å². The number of carbonyl (C=O) groups is 1. The Morgan fingerprint density at radius 1 is 1.15 bits per heavy atom. The van der Waals surface area contributed by atoms with Gasteiger partial charge in [0.15, 0.2) is 5.78 Å². The summed E-state index contributed by atoms with van der Waals surface area (Å²) >= 11 is 0. The summed E-state index contributed by atoms with van der Waals surface area (Å²) in [6.45, 7) is 2.63. The number of fused-ring (bicyclic) bond motifs is 1. The molecular formula is C23H24N2O2. The van der Waals surface area contributed by atoms with E-state index in [1.54, 1.807) is 7.11 Å². The van der Waals surface area contributed by atoms with Crippen LogP contribution in [-0.4, -0.2) is 35.9 Å². The van der Waals surface area contributed by atoms with Crippen LogP contribution >= 0.6 is 0 Å². The predicted molar refractivity (Wildman–Crippen MR) is 107 cm³/mol. The van der Waals surface area contributed by atoms with E-state index in [-0.39, 0.29) is 11.7 Å². The van der Waals surface area contributed by atoms with Crippen molar-refractivity contribution in [2.75, 3.05) is 20.2 Å². The van der Waals surface area contributed by atoms with Crippen molar-refractivity contribution in [3.8, 4) is 5.75 Å². The molecule has 1 aromatic heterocycles. The van der Waals surface area contributed by atoms with Crippen LogP contribution in [0.2, 0.25) is 0 Å². The van der Waals surface area contributed by atoms with Crippen LogP contribution in [-0.2, 0) is 6.54 Å². The Bertz CT molecular complexity index is 940. The molecule has 0 N–H and O–H groups in total. The third-order valence-electron chi connectivity index (χ3n) is 5.32. The van der Waals surface area contributed by atoms with Gasteiger partial charge in [0.05, 0.1) is 12.8 Å². The number of piperidine rings is 1. The van der Waals surface area contributed by atoms with Gasteiger partial charge in [-0.2, -0.15) is 0 Å². The van der Waals surface area contributed by atoms with E-state index < -0.39 is 0 Å². The van der Waals surface area contributed by atoms with Crippen molar-refractivity contribution in [2.45, 2.75) is 19.4 Å². The molecule has 1 aliphatic rings. The zero-order chi connectivity index (χ0) is 18.6. The molecule has 0 unspecified atom stereocenters. The number of benzene rings is 2. The number of pyridine rings is 1. The monoisotopic (exact) mass is 360 g/mol. The van der Waals surface area contributed by atoms with E-state index in [1.165, 1.54) is 0 Å². The van der Waals surface area contributed by atoms with Gasteiger partial charge in [-0.05, 0) is 60.5 Å². The summed E-state index contributed by atoms with van der Waals surface area (Å²) in [7, 11) is 1.67. The fraction of sp³-hybridized carbons (Fsp3) is 0.304. The summed E-state index contributed by atoms with van der Waals surface area (Å²) in [5.41, 5.74) is 1.86. The fourth-order valence-corrected chi connectivity index (χ4v) is 3.87. The smallest absolute Gasteiger partial charge is 0.167 e. The first-order valence-corrected chi connectivity index (χ1v) is 9.47. The Labute approximate surface area is 159 Å². The third kappa shape index (κ3) is 4.01. The molecule has 0 bridgehead atoms. The van der Waals surface area contributed by atoms with Gasteiger partial charge in [0.1, 0.15) is 5.75 Å². The summed E-state index contributed by atoms with van der Waals surface area (Å²) in [5, 5.41) is 2.16. The third-order valence-corrected chi connectivity index (χ3v) is 5.32. The lowest BCUT2D eigenvalue weighted by Crippen LogP contribution is -2.38. The van der Waals surface area contributed by atoms with Crippen LogP contribution < -0.4 is 4.74 Å². The first-order valence-electron chi connectivity index (χ1n) is 9.47. The lowest BCUT2D eigenvalue weighted by molar-refractivity contribution is 0.0810. The number of aromatic nitrogens is 1. The summed E-state index contributed by atoms with van der Waals surface area (Å²) < 4.78 is 5.28. The number of nitrogens with zero attached hydrogens (tertiary/aromatic N) is 2. The zero-order valence-electron chi connectivity index (χ0n) is 15.6. The van der Waals surface area contributed by atoms with Gasteiger partial charge in [-0.1, -0.05) is 24.3 Å². The van der Waals surface area contributed by atoms with Gasteiger partial charge in [-0.3, -0.25) is 14.7 Å². The van der Waals surface area contributed by atoms with Crippen LogP contribution in [0.3, 0.4) is 0 Å². The number of carbonyl (C=O) groups excluding carboxylic acids is 1. The zero-order valence-corrected chi connectivity index (χ0v) is 15.6. The maximum Gasteiger partial charge on any atom is 0.167 e. The van der Waals surface area contributed by atoms with Gasteiger partial charge in [0, 0.05) is 30.8 Å². The maximum atomic E-state index is 13.1. The standard InChI is InChI=1S/C23H24N2O2/c1-27-22-10-9-17-13-19(8-7-18(17)14-22)23(26)20-5-4-12-25(15-20)16-21-6-2-3-11-24-21/h2-3,6-11,13-14,20H,4-5,12,15-16H2,1H3/t20-/m1/s1. The predicted octanol–water partition coefficient (Wildman–Crippen LogP) is 4.34. The van der Waals surface area contributed by atoms with Gasteiger partial charge in [0.25, 0.3) is 0 Å². The summed E-state index contributed by atoms with van der Waals surface area (Å²) in [5.74, 6) is 1.13. The highest BCUT2D eigenvalue weighted by atomic mass is 16.5. The van der Waals surface area contributed by atoms with Crippen molar-refractivity contribution in [1.82, 2.24) is 9.88 Å². The number of hydrogen-bond acceptors (Lipinski definition) is 4. The van der Waals surface area contributed by atoms with Crippen LogP contribution in [0.25, 0.3) is 10.8 Å². The second-order valence-electron chi connectivity index (χ2n) is 7.19. The highest BCUT2D eigenvalue weighted by molar-refractivity contribution is 6.01. The van der Waals surface area contributed by atoms with Crippen molar-refractivity contribution in [1.29, 1.82) is 0 Å². The summed E-state index contributed by atoms with van der Waals surface area (Å²) in [4.78, 5) is 19.9. The van der Waals surface area contributed by atoms with E-state index in [9.17, 15) is 4.79 Å². The SMILES string of the molecule is COc1ccc2cc(C(=O)[C@@H]3CCCN(Cc4ccccn4)C3)ccc2c1. The number of rotatable bonds is 5. The molecule has 138 valence electrons. The van der Waals surface area contributed by atoms with E-state index in [2.05, 4.69) is 9.88 Å². The van der Waals surface area contributed by atoms with Crippen LogP contribution in [0.15, 0.2) is 60.8 Å². The second-order valence-corrected chi connectivity index (χ2v) is 7.19. The molecule has 4 nitrogen and oxygen atoms in total. The molecule has 0 radical (unpaired) electrons. The minimum absolute atomic E-state index is 0.0539. The van der Waals surface area contributed by atoms with Crippen molar-refractivity contribution < 1.29 is 9.53 Å². The van der Waals surface area contributed by atoms with Crippen molar-refractivity contribution in [3.05, 3.63) is 72.1 Å². The number of ether oxygens (including phenoxy) is 1. The molecule has 0 aliphatic carbocycles. The molecule has 3 aromatic rings. The minimum atomic E-state index is 0.0539. The Morgan fingerprint density at radius 2 is 2.00 bits per heavy atom. The fourth-order valence-electron chi connectivity index (χ4n) is 3.87. The van der Waals surface area contributed by atoms with Gasteiger partial charge in [-0.25, -0.2) is 0 Å². The summed E-state index contributed by atoms with van der Waals surface area (Å²) in [6, 6.07) is 17.9. The molecule has 1 saturated heterocycles. The highest BCUT2D eigenvalue weighted by Crippen LogP contribution is 2.26. The highest BCUT2D eigenvalue weighted by Gasteiger charge is 2.26. The molecule has 0 saturated carbocycles. The Balaban J connectivity index is 1.49. The lowest BCUT2D eigenvalue weighted by atomic mass is 9.89. The summed E-state index contributed by atoms with van der Waals surface area (Å²) in [6.07, 6.45) is 3.83. The molecule has 1 aliphatic heterocycles. The van der Waals surface area contributed by atoms with E-state index >= 15 is 0 Å². The number of ketones is 1. The average Bonchev–Trinajstić information content (AvgIpc) is 2.73. The lowest BCUT2D eigenvalue weighted by Gasteiger charge is -2.31. The maximum absolute atomic E-state index is 13.1. The largest absolute Gasteiger partial charge is 0.497 e. The molecule has 4 heteroatoms. The molecule has 0 spiro atoms. The van der Waals surface area contributed by atoms with E-state index in [0.717, 1.165) is 60.3 Å². The topological polar surface area (TPSA) is 42.4 Å². The molecule has 1 atom stereocenters. The van der Waals surface area contributed by atoms with Crippen molar-refractivity contribution in [2.24, 2.45) is 5.92 Å². The van der Waals surface area contributed by atoms with Crippen molar-refractivity contribution >= 4 is 16.6 Å².